The first-order chi connectivity index (χ1) is 9.65. The van der Waals surface area contributed by atoms with Crippen LogP contribution >= 0.6 is 11.3 Å². The third-order valence-corrected chi connectivity index (χ3v) is 4.22. The van der Waals surface area contributed by atoms with Crippen molar-refractivity contribution in [2.45, 2.75) is 12.3 Å². The fourth-order valence-corrected chi connectivity index (χ4v) is 3.07. The van der Waals surface area contributed by atoms with E-state index >= 15 is 0 Å². The number of thiophene rings is 1. The smallest absolute Gasteiger partial charge is 0.319 e. The topological polar surface area (TPSA) is 58.2 Å². The number of para-hydroxylation sites is 1. The maximum Gasteiger partial charge on any atom is 0.319 e. The summed E-state index contributed by atoms with van der Waals surface area (Å²) >= 11 is 1.60. The van der Waals surface area contributed by atoms with E-state index in [2.05, 4.69) is 10.6 Å². The van der Waals surface area contributed by atoms with E-state index in [-0.39, 0.29) is 6.03 Å². The molecule has 4 nitrogen and oxygen atoms in total. The molecule has 1 aromatic heterocycles. The van der Waals surface area contributed by atoms with Crippen LogP contribution in [0.2, 0.25) is 0 Å². The van der Waals surface area contributed by atoms with Gasteiger partial charge in [0.15, 0.2) is 0 Å². The Morgan fingerprint density at radius 2 is 2.05 bits per heavy atom. The number of rotatable bonds is 5. The van der Waals surface area contributed by atoms with Gasteiger partial charge in [-0.05, 0) is 23.1 Å². The molecule has 2 aromatic rings. The Labute approximate surface area is 124 Å². The van der Waals surface area contributed by atoms with E-state index in [0.29, 0.717) is 18.0 Å². The molecular weight excluding hydrogens is 292 g/mol. The van der Waals surface area contributed by atoms with Crippen LogP contribution in [0.25, 0.3) is 0 Å². The average molecular weight is 308 g/mol. The van der Waals surface area contributed by atoms with Crippen LogP contribution in [-0.2, 0) is 23.1 Å². The van der Waals surface area contributed by atoms with Crippen LogP contribution in [0.5, 0.6) is 0 Å². The number of hydrogen-bond donors (Lipinski definition) is 2. The Kier molecular flexibility index (Phi) is 5.31. The van der Waals surface area contributed by atoms with Crippen LogP contribution in [-0.4, -0.2) is 16.5 Å². The van der Waals surface area contributed by atoms with Crippen molar-refractivity contribution in [3.8, 4) is 0 Å². The lowest BCUT2D eigenvalue weighted by Gasteiger charge is -2.10. The minimum Gasteiger partial charge on any atom is -0.333 e. The number of anilines is 1. The predicted molar refractivity (Wildman–Crippen MR) is 84.4 cm³/mol. The third-order valence-electron chi connectivity index (χ3n) is 2.63. The zero-order valence-electron chi connectivity index (χ0n) is 11.1. The van der Waals surface area contributed by atoms with Crippen molar-refractivity contribution in [3.05, 3.63) is 52.2 Å². The summed E-state index contributed by atoms with van der Waals surface area (Å²) in [7, 11) is -0.940. The molecule has 6 heteroatoms. The molecule has 2 amide bonds. The molecule has 0 aliphatic rings. The molecular formula is C14H16N2O2S2. The van der Waals surface area contributed by atoms with Gasteiger partial charge in [-0.2, -0.15) is 0 Å². The van der Waals surface area contributed by atoms with Gasteiger partial charge in [0.1, 0.15) is 0 Å². The van der Waals surface area contributed by atoms with Crippen molar-refractivity contribution in [3.63, 3.8) is 0 Å². The first-order valence-electron chi connectivity index (χ1n) is 6.10. The van der Waals surface area contributed by atoms with Gasteiger partial charge < -0.3 is 10.6 Å². The summed E-state index contributed by atoms with van der Waals surface area (Å²) in [5.74, 6) is 0.432. The van der Waals surface area contributed by atoms with E-state index < -0.39 is 10.8 Å². The largest absolute Gasteiger partial charge is 0.333 e. The highest BCUT2D eigenvalue weighted by atomic mass is 32.2. The van der Waals surface area contributed by atoms with Crippen LogP contribution in [0.4, 0.5) is 10.5 Å². The summed E-state index contributed by atoms with van der Waals surface area (Å²) in [4.78, 5) is 13.0. The molecule has 0 saturated heterocycles. The molecule has 0 spiro atoms. The zero-order chi connectivity index (χ0) is 14.4. The van der Waals surface area contributed by atoms with Gasteiger partial charge in [-0.25, -0.2) is 4.79 Å². The minimum atomic E-state index is -0.940. The summed E-state index contributed by atoms with van der Waals surface area (Å²) < 4.78 is 11.3. The predicted octanol–water partition coefficient (Wildman–Crippen LogP) is 2.95. The monoisotopic (exact) mass is 308 g/mol. The molecule has 2 rings (SSSR count). The van der Waals surface area contributed by atoms with E-state index in [0.717, 1.165) is 10.4 Å². The first-order valence-corrected chi connectivity index (χ1v) is 8.71. The van der Waals surface area contributed by atoms with Gasteiger partial charge in [-0.15, -0.1) is 11.3 Å². The number of nitrogens with one attached hydrogen (secondary N) is 2. The molecule has 0 aliphatic heterocycles. The summed E-state index contributed by atoms with van der Waals surface area (Å²) in [6, 6.07) is 11.1. The van der Waals surface area contributed by atoms with Gasteiger partial charge in [0.25, 0.3) is 0 Å². The maximum atomic E-state index is 11.9. The van der Waals surface area contributed by atoms with Crippen molar-refractivity contribution >= 4 is 33.9 Å². The molecule has 106 valence electrons. The Morgan fingerprint density at radius 3 is 2.75 bits per heavy atom. The van der Waals surface area contributed by atoms with Crippen LogP contribution in [0, 0.1) is 0 Å². The van der Waals surface area contributed by atoms with Crippen LogP contribution in [0.1, 0.15) is 10.4 Å². The Morgan fingerprint density at radius 1 is 1.25 bits per heavy atom. The van der Waals surface area contributed by atoms with Crippen molar-refractivity contribution in [1.29, 1.82) is 0 Å². The highest BCUT2D eigenvalue weighted by Crippen LogP contribution is 2.16. The second-order valence-corrected chi connectivity index (χ2v) is 6.73. The molecule has 2 N–H and O–H groups in total. The van der Waals surface area contributed by atoms with Crippen molar-refractivity contribution < 1.29 is 9.00 Å². The van der Waals surface area contributed by atoms with Crippen molar-refractivity contribution in [1.82, 2.24) is 5.32 Å². The lowest BCUT2D eigenvalue weighted by Crippen LogP contribution is -2.28. The van der Waals surface area contributed by atoms with Gasteiger partial charge in [0.05, 0.1) is 12.3 Å². The number of urea groups is 1. The minimum absolute atomic E-state index is 0.257. The average Bonchev–Trinajstić information content (AvgIpc) is 2.91. The van der Waals surface area contributed by atoms with Gasteiger partial charge in [0, 0.05) is 27.6 Å². The van der Waals surface area contributed by atoms with E-state index in [1.54, 1.807) is 17.6 Å². The zero-order valence-corrected chi connectivity index (χ0v) is 12.7. The van der Waals surface area contributed by atoms with Crippen LogP contribution in [0.15, 0.2) is 41.8 Å². The Balaban J connectivity index is 1.95. The quantitative estimate of drug-likeness (QED) is 0.892. The fraction of sp³-hybridized carbons (Fsp3) is 0.214. The van der Waals surface area contributed by atoms with E-state index in [4.69, 9.17) is 0 Å². The molecule has 0 saturated carbocycles. The Hall–Kier alpha value is -1.66. The molecule has 1 heterocycles. The second kappa shape index (κ2) is 7.21. The summed E-state index contributed by atoms with van der Waals surface area (Å²) in [5.41, 5.74) is 1.57. The summed E-state index contributed by atoms with van der Waals surface area (Å²) in [6.45, 7) is 0.505. The van der Waals surface area contributed by atoms with Crippen LogP contribution < -0.4 is 10.6 Å². The number of hydrogen-bond acceptors (Lipinski definition) is 3. The molecule has 1 unspecified atom stereocenters. The van der Waals surface area contributed by atoms with Gasteiger partial charge in [-0.1, -0.05) is 24.3 Å². The fourth-order valence-electron chi connectivity index (χ4n) is 1.73. The molecule has 1 atom stereocenters. The van der Waals surface area contributed by atoms with Gasteiger partial charge in [0.2, 0.25) is 0 Å². The molecule has 0 bridgehead atoms. The van der Waals surface area contributed by atoms with E-state index in [9.17, 15) is 9.00 Å². The maximum absolute atomic E-state index is 11.9. The van der Waals surface area contributed by atoms with E-state index in [1.165, 1.54) is 0 Å². The SMILES string of the molecule is CS(=O)Cc1ccccc1NC(=O)NCc1cccs1. The summed E-state index contributed by atoms with van der Waals surface area (Å²) in [5, 5.41) is 7.57. The highest BCUT2D eigenvalue weighted by Gasteiger charge is 2.07. The normalized spacial score (nSPS) is 11.8. The summed E-state index contributed by atoms with van der Waals surface area (Å²) in [6.07, 6.45) is 1.65. The molecule has 20 heavy (non-hydrogen) atoms. The third kappa shape index (κ3) is 4.47. The number of amides is 2. The second-order valence-electron chi connectivity index (χ2n) is 4.26. The van der Waals surface area contributed by atoms with E-state index in [1.807, 2.05) is 41.8 Å². The lowest BCUT2D eigenvalue weighted by molar-refractivity contribution is 0.252. The number of carbonyl (C=O) groups excluding carboxylic acids is 1. The molecule has 0 aliphatic carbocycles. The lowest BCUT2D eigenvalue weighted by atomic mass is 10.2. The number of carbonyl (C=O) groups is 1. The van der Waals surface area contributed by atoms with Crippen molar-refractivity contribution in [2.24, 2.45) is 0 Å². The van der Waals surface area contributed by atoms with Crippen LogP contribution in [0.3, 0.4) is 0 Å². The van der Waals surface area contributed by atoms with Crippen molar-refractivity contribution in [2.75, 3.05) is 11.6 Å². The standard InChI is InChI=1S/C14H16N2O2S2/c1-20(18)10-11-5-2-3-7-13(11)16-14(17)15-9-12-6-4-8-19-12/h2-8H,9-10H2,1H3,(H2,15,16,17). The molecule has 0 fully saturated rings. The first kappa shape index (κ1) is 14.7. The molecule has 0 radical (unpaired) electrons. The number of benzene rings is 1. The van der Waals surface area contributed by atoms with Gasteiger partial charge >= 0.3 is 6.03 Å². The van der Waals surface area contributed by atoms with Gasteiger partial charge in [-0.3, -0.25) is 4.21 Å². The highest BCUT2D eigenvalue weighted by molar-refractivity contribution is 7.83. The molecule has 1 aromatic carbocycles. The Bertz CT molecular complexity index is 597.